The first-order valence-corrected chi connectivity index (χ1v) is 6.68. The molecule has 102 valence electrons. The summed E-state index contributed by atoms with van der Waals surface area (Å²) in [5, 5.41) is 9.52. The van der Waals surface area contributed by atoms with Gasteiger partial charge < -0.3 is 14.6 Å². The second-order valence-corrected chi connectivity index (χ2v) is 5.74. The maximum atomic E-state index is 12.4. The molecule has 1 saturated carbocycles. The number of hydrogen-bond donors (Lipinski definition) is 1. The fourth-order valence-corrected chi connectivity index (χ4v) is 3.64. The van der Waals surface area contributed by atoms with Gasteiger partial charge in [-0.25, -0.2) is 0 Å². The van der Waals surface area contributed by atoms with Gasteiger partial charge in [-0.1, -0.05) is 6.42 Å². The number of carbonyl (C=O) groups excluding carboxylic acids is 1. The van der Waals surface area contributed by atoms with E-state index in [4.69, 9.17) is 0 Å². The van der Waals surface area contributed by atoms with Crippen molar-refractivity contribution < 1.29 is 14.7 Å². The minimum absolute atomic E-state index is 0.0532. The first-order chi connectivity index (χ1) is 9.04. The molecule has 0 spiro atoms. The number of rotatable bonds is 2. The molecule has 2 heterocycles. The van der Waals surface area contributed by atoms with Crippen molar-refractivity contribution in [2.24, 2.45) is 18.4 Å². The van der Waals surface area contributed by atoms with Gasteiger partial charge in [0.2, 0.25) is 0 Å². The lowest BCUT2D eigenvalue weighted by molar-refractivity contribution is -0.149. The van der Waals surface area contributed by atoms with E-state index in [1.165, 1.54) is 0 Å². The van der Waals surface area contributed by atoms with Crippen LogP contribution in [0.3, 0.4) is 0 Å². The molecule has 5 heteroatoms. The second kappa shape index (κ2) is 4.11. The van der Waals surface area contributed by atoms with E-state index < -0.39 is 11.4 Å². The molecule has 1 saturated heterocycles. The molecule has 1 aliphatic carbocycles. The van der Waals surface area contributed by atoms with Crippen molar-refractivity contribution in [3.05, 3.63) is 24.0 Å². The lowest BCUT2D eigenvalue weighted by Gasteiger charge is -2.23. The number of aryl methyl sites for hydroxylation is 1. The summed E-state index contributed by atoms with van der Waals surface area (Å²) in [6.45, 7) is 0.938. The number of hydrogen-bond acceptors (Lipinski definition) is 2. The number of aromatic nitrogens is 1. The first kappa shape index (κ1) is 12.3. The Balaban J connectivity index is 1.85. The summed E-state index contributed by atoms with van der Waals surface area (Å²) in [5.74, 6) is -0.672. The standard InChI is InChI=1S/C14H18N2O3/c1-15-7-3-5-11(15)12(17)16-8-10-4-2-6-14(10,9-16)13(18)19/h3,5,7,10H,2,4,6,8-9H2,1H3,(H,18,19)/t10-,14+/m0/s1. The van der Waals surface area contributed by atoms with Gasteiger partial charge in [0.15, 0.2) is 0 Å². The van der Waals surface area contributed by atoms with Gasteiger partial charge >= 0.3 is 5.97 Å². The van der Waals surface area contributed by atoms with Crippen molar-refractivity contribution in [3.63, 3.8) is 0 Å². The van der Waals surface area contributed by atoms with Crippen molar-refractivity contribution >= 4 is 11.9 Å². The molecule has 0 bridgehead atoms. The summed E-state index contributed by atoms with van der Waals surface area (Å²) in [5.41, 5.74) is -0.0682. The monoisotopic (exact) mass is 262 g/mol. The van der Waals surface area contributed by atoms with Gasteiger partial charge in [0, 0.05) is 26.3 Å². The molecule has 2 atom stereocenters. The number of fused-ring (bicyclic) bond motifs is 1. The fraction of sp³-hybridized carbons (Fsp3) is 0.571. The van der Waals surface area contributed by atoms with Gasteiger partial charge in [-0.15, -0.1) is 0 Å². The Kier molecular flexibility index (Phi) is 2.66. The third-order valence-electron chi connectivity index (χ3n) is 4.75. The van der Waals surface area contributed by atoms with E-state index in [9.17, 15) is 14.7 Å². The number of likely N-dealkylation sites (tertiary alicyclic amines) is 1. The molecule has 0 radical (unpaired) electrons. The summed E-state index contributed by atoms with van der Waals surface area (Å²) in [4.78, 5) is 25.7. The predicted octanol–water partition coefficient (Wildman–Crippen LogP) is 1.35. The number of carbonyl (C=O) groups is 2. The maximum Gasteiger partial charge on any atom is 0.311 e. The van der Waals surface area contributed by atoms with Gasteiger partial charge in [-0.2, -0.15) is 0 Å². The van der Waals surface area contributed by atoms with E-state index in [0.29, 0.717) is 25.2 Å². The average Bonchev–Trinajstić information content (AvgIpc) is 3.00. The van der Waals surface area contributed by atoms with E-state index in [1.807, 2.05) is 19.3 Å². The molecule has 2 fully saturated rings. The molecule has 1 aliphatic heterocycles. The van der Waals surface area contributed by atoms with Gasteiger partial charge in [0.1, 0.15) is 5.69 Å². The van der Waals surface area contributed by atoms with Crippen LogP contribution in [0.15, 0.2) is 18.3 Å². The molecule has 1 N–H and O–H groups in total. The van der Waals surface area contributed by atoms with Crippen molar-refractivity contribution in [1.29, 1.82) is 0 Å². The smallest absolute Gasteiger partial charge is 0.311 e. The van der Waals surface area contributed by atoms with Crippen LogP contribution < -0.4 is 0 Å². The van der Waals surface area contributed by atoms with Crippen molar-refractivity contribution in [2.75, 3.05) is 13.1 Å². The van der Waals surface area contributed by atoms with E-state index in [-0.39, 0.29) is 11.8 Å². The zero-order chi connectivity index (χ0) is 13.6. The molecular weight excluding hydrogens is 244 g/mol. The van der Waals surface area contributed by atoms with Gasteiger partial charge in [-0.3, -0.25) is 9.59 Å². The highest BCUT2D eigenvalue weighted by molar-refractivity contribution is 5.93. The van der Waals surface area contributed by atoms with E-state index in [0.717, 1.165) is 12.8 Å². The Morgan fingerprint density at radius 3 is 2.84 bits per heavy atom. The number of nitrogens with zero attached hydrogens (tertiary/aromatic N) is 2. The van der Waals surface area contributed by atoms with Crippen LogP contribution in [0.25, 0.3) is 0 Å². The van der Waals surface area contributed by atoms with Crippen molar-refractivity contribution in [1.82, 2.24) is 9.47 Å². The van der Waals surface area contributed by atoms with Crippen LogP contribution in [-0.4, -0.2) is 39.5 Å². The van der Waals surface area contributed by atoms with E-state index in [2.05, 4.69) is 0 Å². The molecule has 1 aromatic heterocycles. The Morgan fingerprint density at radius 2 is 2.26 bits per heavy atom. The quantitative estimate of drug-likeness (QED) is 0.875. The molecule has 19 heavy (non-hydrogen) atoms. The lowest BCUT2D eigenvalue weighted by Crippen LogP contribution is -2.37. The lowest BCUT2D eigenvalue weighted by atomic mass is 9.81. The van der Waals surface area contributed by atoms with Crippen LogP contribution >= 0.6 is 0 Å². The van der Waals surface area contributed by atoms with E-state index in [1.54, 1.807) is 15.5 Å². The van der Waals surface area contributed by atoms with Crippen molar-refractivity contribution in [2.45, 2.75) is 19.3 Å². The highest BCUT2D eigenvalue weighted by Crippen LogP contribution is 2.49. The number of amides is 1. The summed E-state index contributed by atoms with van der Waals surface area (Å²) in [6, 6.07) is 3.61. The molecule has 5 nitrogen and oxygen atoms in total. The number of aliphatic carboxylic acids is 1. The topological polar surface area (TPSA) is 62.5 Å². The molecule has 0 aromatic carbocycles. The van der Waals surface area contributed by atoms with Crippen LogP contribution in [0, 0.1) is 11.3 Å². The van der Waals surface area contributed by atoms with Crippen LogP contribution in [0.1, 0.15) is 29.8 Å². The predicted molar refractivity (Wildman–Crippen MR) is 68.7 cm³/mol. The highest BCUT2D eigenvalue weighted by atomic mass is 16.4. The van der Waals surface area contributed by atoms with Gasteiger partial charge in [-0.05, 0) is 30.9 Å². The fourth-order valence-electron chi connectivity index (χ4n) is 3.64. The Morgan fingerprint density at radius 1 is 1.47 bits per heavy atom. The van der Waals surface area contributed by atoms with Crippen LogP contribution in [0.5, 0.6) is 0 Å². The molecule has 3 rings (SSSR count). The van der Waals surface area contributed by atoms with Gasteiger partial charge in [0.05, 0.1) is 5.41 Å². The minimum Gasteiger partial charge on any atom is -0.481 e. The summed E-state index contributed by atoms with van der Waals surface area (Å²) < 4.78 is 1.78. The van der Waals surface area contributed by atoms with Crippen LogP contribution in [0.2, 0.25) is 0 Å². The summed E-state index contributed by atoms with van der Waals surface area (Å²) >= 11 is 0. The molecule has 1 aromatic rings. The van der Waals surface area contributed by atoms with Crippen LogP contribution in [-0.2, 0) is 11.8 Å². The SMILES string of the molecule is Cn1cccc1C(=O)N1C[C@@H]2CCC[C@@]2(C(=O)O)C1. The summed E-state index contributed by atoms with van der Waals surface area (Å²) in [6.07, 6.45) is 4.41. The highest BCUT2D eigenvalue weighted by Gasteiger charge is 2.55. The minimum atomic E-state index is -0.739. The number of carboxylic acid groups (broad SMARTS) is 1. The zero-order valence-electron chi connectivity index (χ0n) is 11.0. The Hall–Kier alpha value is -1.78. The zero-order valence-corrected chi connectivity index (χ0v) is 11.0. The molecule has 0 unspecified atom stereocenters. The average molecular weight is 262 g/mol. The third kappa shape index (κ3) is 1.68. The Bertz CT molecular complexity index is 537. The normalized spacial score (nSPS) is 29.5. The Labute approximate surface area is 111 Å². The molecule has 2 aliphatic rings. The van der Waals surface area contributed by atoms with E-state index >= 15 is 0 Å². The largest absolute Gasteiger partial charge is 0.481 e. The van der Waals surface area contributed by atoms with Crippen LogP contribution in [0.4, 0.5) is 0 Å². The molecule has 1 amide bonds. The summed E-state index contributed by atoms with van der Waals surface area (Å²) in [7, 11) is 1.83. The first-order valence-electron chi connectivity index (χ1n) is 6.68. The number of carboxylic acids is 1. The van der Waals surface area contributed by atoms with Crippen molar-refractivity contribution in [3.8, 4) is 0 Å². The molecular formula is C14H18N2O3. The second-order valence-electron chi connectivity index (χ2n) is 5.74. The van der Waals surface area contributed by atoms with Gasteiger partial charge in [0.25, 0.3) is 5.91 Å². The third-order valence-corrected chi connectivity index (χ3v) is 4.75. The maximum absolute atomic E-state index is 12.4.